The highest BCUT2D eigenvalue weighted by atomic mass is 79.9. The Morgan fingerprint density at radius 1 is 1.47 bits per heavy atom. The SMILES string of the molecule is C=CCN(C(=O)c1cccc(C)c1Br)C1CCCC1. The van der Waals surface area contributed by atoms with E-state index >= 15 is 0 Å². The molecule has 1 aliphatic rings. The Labute approximate surface area is 123 Å². The molecule has 1 aromatic rings. The van der Waals surface area contributed by atoms with Gasteiger partial charge in [0.15, 0.2) is 0 Å². The van der Waals surface area contributed by atoms with Crippen molar-refractivity contribution in [2.75, 3.05) is 6.54 Å². The second-order valence-corrected chi connectivity index (χ2v) is 5.91. The summed E-state index contributed by atoms with van der Waals surface area (Å²) in [7, 11) is 0. The number of benzene rings is 1. The molecule has 0 bridgehead atoms. The number of hydrogen-bond acceptors (Lipinski definition) is 1. The van der Waals surface area contributed by atoms with Crippen molar-refractivity contribution >= 4 is 21.8 Å². The molecule has 2 rings (SSSR count). The minimum atomic E-state index is 0.113. The third-order valence-corrected chi connectivity index (χ3v) is 4.83. The fourth-order valence-electron chi connectivity index (χ4n) is 2.72. The Hall–Kier alpha value is -1.09. The van der Waals surface area contributed by atoms with Gasteiger partial charge in [0.2, 0.25) is 0 Å². The Balaban J connectivity index is 2.28. The zero-order chi connectivity index (χ0) is 13.8. The molecule has 0 heterocycles. The molecule has 0 unspecified atom stereocenters. The van der Waals surface area contributed by atoms with Crippen LogP contribution in [0, 0.1) is 6.92 Å². The van der Waals surface area contributed by atoms with E-state index in [1.165, 1.54) is 12.8 Å². The van der Waals surface area contributed by atoms with E-state index in [-0.39, 0.29) is 5.91 Å². The lowest BCUT2D eigenvalue weighted by Crippen LogP contribution is -2.39. The fourth-order valence-corrected chi connectivity index (χ4v) is 3.15. The van der Waals surface area contributed by atoms with Crippen LogP contribution >= 0.6 is 15.9 Å². The van der Waals surface area contributed by atoms with Crippen LogP contribution in [0.3, 0.4) is 0 Å². The predicted octanol–water partition coefficient (Wildman–Crippen LogP) is 4.33. The second kappa shape index (κ2) is 6.38. The second-order valence-electron chi connectivity index (χ2n) is 5.12. The van der Waals surface area contributed by atoms with Gasteiger partial charge in [-0.2, -0.15) is 0 Å². The van der Waals surface area contributed by atoms with Crippen LogP contribution in [-0.2, 0) is 0 Å². The van der Waals surface area contributed by atoms with Crippen molar-refractivity contribution in [2.45, 2.75) is 38.6 Å². The van der Waals surface area contributed by atoms with E-state index in [0.717, 1.165) is 28.4 Å². The van der Waals surface area contributed by atoms with Crippen molar-refractivity contribution in [1.29, 1.82) is 0 Å². The van der Waals surface area contributed by atoms with Crippen molar-refractivity contribution in [3.05, 3.63) is 46.5 Å². The van der Waals surface area contributed by atoms with Gasteiger partial charge in [0.25, 0.3) is 5.91 Å². The standard InChI is InChI=1S/C16H20BrNO/c1-3-11-18(13-8-4-5-9-13)16(19)14-10-6-7-12(2)15(14)17/h3,6-7,10,13H,1,4-5,8-9,11H2,2H3. The lowest BCUT2D eigenvalue weighted by molar-refractivity contribution is 0.0705. The molecule has 0 atom stereocenters. The minimum Gasteiger partial charge on any atom is -0.332 e. The van der Waals surface area contributed by atoms with Gasteiger partial charge < -0.3 is 4.90 Å². The van der Waals surface area contributed by atoms with Crippen molar-refractivity contribution in [2.24, 2.45) is 0 Å². The third kappa shape index (κ3) is 3.08. The summed E-state index contributed by atoms with van der Waals surface area (Å²) in [5, 5.41) is 0. The van der Waals surface area contributed by atoms with Crippen LogP contribution in [0.2, 0.25) is 0 Å². The molecule has 1 aliphatic carbocycles. The van der Waals surface area contributed by atoms with Crippen LogP contribution in [-0.4, -0.2) is 23.4 Å². The van der Waals surface area contributed by atoms with Crippen molar-refractivity contribution in [1.82, 2.24) is 4.90 Å². The van der Waals surface area contributed by atoms with Crippen LogP contribution in [0.15, 0.2) is 35.3 Å². The van der Waals surface area contributed by atoms with Gasteiger partial charge >= 0.3 is 0 Å². The molecule has 0 aromatic heterocycles. The molecule has 0 radical (unpaired) electrons. The molecule has 2 nitrogen and oxygen atoms in total. The Morgan fingerprint density at radius 3 is 2.79 bits per heavy atom. The maximum absolute atomic E-state index is 12.7. The van der Waals surface area contributed by atoms with E-state index in [1.54, 1.807) is 0 Å². The monoisotopic (exact) mass is 321 g/mol. The number of aryl methyl sites for hydroxylation is 1. The van der Waals surface area contributed by atoms with Crippen molar-refractivity contribution in [3.63, 3.8) is 0 Å². The summed E-state index contributed by atoms with van der Waals surface area (Å²) in [6.45, 7) is 6.42. The molecule has 1 fully saturated rings. The summed E-state index contributed by atoms with van der Waals surface area (Å²) in [4.78, 5) is 14.7. The highest BCUT2D eigenvalue weighted by molar-refractivity contribution is 9.10. The molecule has 1 amide bonds. The van der Waals surface area contributed by atoms with E-state index < -0.39 is 0 Å². The van der Waals surface area contributed by atoms with Gasteiger partial charge in [0.05, 0.1) is 5.56 Å². The third-order valence-electron chi connectivity index (χ3n) is 3.77. The molecular formula is C16H20BrNO. The van der Waals surface area contributed by atoms with Gasteiger partial charge in [-0.1, -0.05) is 31.1 Å². The Morgan fingerprint density at radius 2 is 2.16 bits per heavy atom. The maximum atomic E-state index is 12.7. The van der Waals surface area contributed by atoms with Crippen LogP contribution in [0.4, 0.5) is 0 Å². The zero-order valence-corrected chi connectivity index (χ0v) is 12.9. The zero-order valence-electron chi connectivity index (χ0n) is 11.4. The van der Waals surface area contributed by atoms with Gasteiger partial charge in [-0.3, -0.25) is 4.79 Å². The first-order valence-corrected chi connectivity index (χ1v) is 7.61. The van der Waals surface area contributed by atoms with Crippen LogP contribution in [0.1, 0.15) is 41.6 Å². The molecule has 0 aliphatic heterocycles. The average Bonchev–Trinajstić information content (AvgIpc) is 2.92. The molecule has 19 heavy (non-hydrogen) atoms. The summed E-state index contributed by atoms with van der Waals surface area (Å²) in [6.07, 6.45) is 6.49. The van der Waals surface area contributed by atoms with Crippen LogP contribution < -0.4 is 0 Å². The minimum absolute atomic E-state index is 0.113. The normalized spacial score (nSPS) is 15.5. The summed E-state index contributed by atoms with van der Waals surface area (Å²) in [6, 6.07) is 6.21. The lowest BCUT2D eigenvalue weighted by Gasteiger charge is -2.28. The number of carbonyl (C=O) groups excluding carboxylic acids is 1. The molecule has 0 N–H and O–H groups in total. The van der Waals surface area contributed by atoms with Gasteiger partial charge in [-0.05, 0) is 47.3 Å². The average molecular weight is 322 g/mol. The first kappa shape index (κ1) is 14.3. The van der Waals surface area contributed by atoms with E-state index in [9.17, 15) is 4.79 Å². The molecule has 1 saturated carbocycles. The maximum Gasteiger partial charge on any atom is 0.255 e. The van der Waals surface area contributed by atoms with E-state index in [1.807, 2.05) is 36.1 Å². The molecule has 102 valence electrons. The van der Waals surface area contributed by atoms with Gasteiger partial charge in [-0.15, -0.1) is 6.58 Å². The summed E-state index contributed by atoms with van der Waals surface area (Å²) in [5.41, 5.74) is 1.85. The smallest absolute Gasteiger partial charge is 0.255 e. The summed E-state index contributed by atoms with van der Waals surface area (Å²) >= 11 is 3.54. The van der Waals surface area contributed by atoms with Crippen molar-refractivity contribution in [3.8, 4) is 0 Å². The van der Waals surface area contributed by atoms with E-state index in [2.05, 4.69) is 22.5 Å². The van der Waals surface area contributed by atoms with Gasteiger partial charge in [-0.25, -0.2) is 0 Å². The quantitative estimate of drug-likeness (QED) is 0.756. The lowest BCUT2D eigenvalue weighted by atomic mass is 10.1. The van der Waals surface area contributed by atoms with E-state index in [0.29, 0.717) is 12.6 Å². The highest BCUT2D eigenvalue weighted by Crippen LogP contribution is 2.28. The topological polar surface area (TPSA) is 20.3 Å². The largest absolute Gasteiger partial charge is 0.332 e. The van der Waals surface area contributed by atoms with Gasteiger partial charge in [0.1, 0.15) is 0 Å². The number of nitrogens with zero attached hydrogens (tertiary/aromatic N) is 1. The van der Waals surface area contributed by atoms with Crippen LogP contribution in [0.25, 0.3) is 0 Å². The Bertz CT molecular complexity index is 478. The molecule has 3 heteroatoms. The fraction of sp³-hybridized carbons (Fsp3) is 0.438. The summed E-state index contributed by atoms with van der Waals surface area (Å²) < 4.78 is 0.909. The number of carbonyl (C=O) groups is 1. The molecule has 1 aromatic carbocycles. The summed E-state index contributed by atoms with van der Waals surface area (Å²) in [5.74, 6) is 0.113. The van der Waals surface area contributed by atoms with Crippen molar-refractivity contribution < 1.29 is 4.79 Å². The van der Waals surface area contributed by atoms with E-state index in [4.69, 9.17) is 0 Å². The highest BCUT2D eigenvalue weighted by Gasteiger charge is 2.27. The number of halogens is 1. The van der Waals surface area contributed by atoms with Crippen LogP contribution in [0.5, 0.6) is 0 Å². The number of rotatable bonds is 4. The van der Waals surface area contributed by atoms with Gasteiger partial charge in [0, 0.05) is 17.1 Å². The molecule has 0 spiro atoms. The molecule has 0 saturated heterocycles. The predicted molar refractivity (Wildman–Crippen MR) is 82.4 cm³/mol. The Kier molecular flexibility index (Phi) is 4.81. The first-order valence-electron chi connectivity index (χ1n) is 6.82. The number of hydrogen-bond donors (Lipinski definition) is 0. The molecular weight excluding hydrogens is 302 g/mol. The first-order chi connectivity index (χ1) is 9.15. The number of amides is 1.